The van der Waals surface area contributed by atoms with Gasteiger partial charge in [0.1, 0.15) is 0 Å². The zero-order chi connectivity index (χ0) is 14.8. The van der Waals surface area contributed by atoms with Gasteiger partial charge in [-0.1, -0.05) is 30.3 Å². The van der Waals surface area contributed by atoms with Gasteiger partial charge in [0, 0.05) is 6.54 Å². The highest BCUT2D eigenvalue weighted by Crippen LogP contribution is 2.15. The van der Waals surface area contributed by atoms with Gasteiger partial charge in [-0.2, -0.15) is 0 Å². The molecule has 0 spiro atoms. The summed E-state index contributed by atoms with van der Waals surface area (Å²) in [6.07, 6.45) is 0.459. The highest BCUT2D eigenvalue weighted by Gasteiger charge is 2.06. The van der Waals surface area contributed by atoms with Crippen LogP contribution in [0.15, 0.2) is 30.3 Å². The summed E-state index contributed by atoms with van der Waals surface area (Å²) >= 11 is 0. The molecule has 19 heavy (non-hydrogen) atoms. The summed E-state index contributed by atoms with van der Waals surface area (Å²) in [6.45, 7) is 0.913. The number of carbonyl (C=O) groups is 2. The minimum absolute atomic E-state index is 0.330. The first kappa shape index (κ1) is 17.1. The lowest BCUT2D eigenvalue weighted by Gasteiger charge is -2.14. The molecule has 0 aliphatic carbocycles. The Balaban J connectivity index is 0.000000459. The molecule has 106 valence electrons. The molecule has 1 atom stereocenters. The normalized spacial score (nSPS) is 11.4. The van der Waals surface area contributed by atoms with Crippen molar-refractivity contribution < 1.29 is 24.9 Å². The number of benzene rings is 1. The molecule has 0 saturated heterocycles. The molecule has 0 aliphatic rings. The molecule has 0 amide bonds. The number of hydrogen-bond donors (Lipinski definition) is 3. The summed E-state index contributed by atoms with van der Waals surface area (Å²) in [6, 6.07) is 9.78. The molecule has 0 fully saturated rings. The molecular formula is C13H19NO5. The lowest BCUT2D eigenvalue weighted by Crippen LogP contribution is -2.15. The van der Waals surface area contributed by atoms with Crippen molar-refractivity contribution in [1.29, 1.82) is 0 Å². The van der Waals surface area contributed by atoms with Crippen molar-refractivity contribution in [2.75, 3.05) is 20.6 Å². The Morgan fingerprint density at radius 2 is 1.58 bits per heavy atom. The average Bonchev–Trinajstić information content (AvgIpc) is 2.37. The van der Waals surface area contributed by atoms with Crippen LogP contribution < -0.4 is 0 Å². The summed E-state index contributed by atoms with van der Waals surface area (Å²) in [5.74, 6) is -3.65. The van der Waals surface area contributed by atoms with Crippen LogP contribution in [-0.2, 0) is 9.59 Å². The molecule has 0 aliphatic heterocycles. The summed E-state index contributed by atoms with van der Waals surface area (Å²) in [5.41, 5.74) is 1.00. The quantitative estimate of drug-likeness (QED) is 0.700. The van der Waals surface area contributed by atoms with Gasteiger partial charge in [-0.25, -0.2) is 9.59 Å². The fourth-order valence-corrected chi connectivity index (χ4v) is 1.22. The molecule has 1 rings (SSSR count). The lowest BCUT2D eigenvalue weighted by atomic mass is 10.1. The van der Waals surface area contributed by atoms with Crippen LogP contribution in [0.1, 0.15) is 18.1 Å². The predicted octanol–water partition coefficient (Wildman–Crippen LogP) is 0.827. The Kier molecular flexibility index (Phi) is 8.15. The highest BCUT2D eigenvalue weighted by atomic mass is 16.4. The number of aliphatic carboxylic acids is 2. The van der Waals surface area contributed by atoms with E-state index in [-0.39, 0.29) is 6.10 Å². The zero-order valence-electron chi connectivity index (χ0n) is 11.0. The van der Waals surface area contributed by atoms with Crippen molar-refractivity contribution in [2.45, 2.75) is 12.5 Å². The molecule has 0 radical (unpaired) electrons. The van der Waals surface area contributed by atoms with Gasteiger partial charge in [0.15, 0.2) is 0 Å². The van der Waals surface area contributed by atoms with Crippen LogP contribution in [0.25, 0.3) is 0 Å². The molecule has 0 unspecified atom stereocenters. The maximum atomic E-state index is 9.74. The van der Waals surface area contributed by atoms with Crippen molar-refractivity contribution in [1.82, 2.24) is 4.90 Å². The van der Waals surface area contributed by atoms with E-state index in [0.717, 1.165) is 18.5 Å². The van der Waals surface area contributed by atoms with Gasteiger partial charge in [-0.05, 0) is 26.1 Å². The van der Waals surface area contributed by atoms with E-state index in [1.54, 1.807) is 0 Å². The molecule has 3 N–H and O–H groups in total. The van der Waals surface area contributed by atoms with Gasteiger partial charge < -0.3 is 20.2 Å². The van der Waals surface area contributed by atoms with E-state index in [0.29, 0.717) is 0 Å². The van der Waals surface area contributed by atoms with Crippen molar-refractivity contribution in [2.24, 2.45) is 0 Å². The first-order valence-electron chi connectivity index (χ1n) is 5.68. The van der Waals surface area contributed by atoms with Crippen molar-refractivity contribution in [3.8, 4) is 0 Å². The van der Waals surface area contributed by atoms with E-state index in [1.165, 1.54) is 0 Å². The van der Waals surface area contributed by atoms with Gasteiger partial charge in [-0.15, -0.1) is 0 Å². The number of nitrogens with zero attached hydrogens (tertiary/aromatic N) is 1. The summed E-state index contributed by atoms with van der Waals surface area (Å²) in [5, 5.41) is 24.5. The van der Waals surface area contributed by atoms with E-state index in [4.69, 9.17) is 19.8 Å². The van der Waals surface area contributed by atoms with Gasteiger partial charge in [0.05, 0.1) is 6.10 Å². The van der Waals surface area contributed by atoms with E-state index in [1.807, 2.05) is 44.4 Å². The second-order valence-electron chi connectivity index (χ2n) is 4.13. The maximum Gasteiger partial charge on any atom is 0.414 e. The van der Waals surface area contributed by atoms with Crippen LogP contribution in [0.3, 0.4) is 0 Å². The number of aliphatic hydroxyl groups is 1. The van der Waals surface area contributed by atoms with Gasteiger partial charge in [0.25, 0.3) is 0 Å². The molecule has 0 bridgehead atoms. The van der Waals surface area contributed by atoms with Crippen molar-refractivity contribution >= 4 is 11.9 Å². The lowest BCUT2D eigenvalue weighted by molar-refractivity contribution is -0.159. The Hall–Kier alpha value is -1.92. The van der Waals surface area contributed by atoms with E-state index >= 15 is 0 Å². The standard InChI is InChI=1S/C11H17NO.C2H2O4/c1-12(2)9-8-11(13)10-6-4-3-5-7-10;3-1(4)2(5)6/h3-7,11,13H,8-9H2,1-2H3;(H,3,4)(H,5,6)/t11-;/m0./s1. The Morgan fingerprint density at radius 1 is 1.11 bits per heavy atom. The third kappa shape index (κ3) is 8.76. The maximum absolute atomic E-state index is 9.74. The molecule has 6 nitrogen and oxygen atoms in total. The van der Waals surface area contributed by atoms with Crippen molar-refractivity contribution in [3.63, 3.8) is 0 Å². The molecule has 1 aromatic carbocycles. The molecule has 0 heterocycles. The molecule has 0 saturated carbocycles. The topological polar surface area (TPSA) is 98.1 Å². The Labute approximate surface area is 111 Å². The van der Waals surface area contributed by atoms with Crippen LogP contribution in [0.4, 0.5) is 0 Å². The molecule has 1 aromatic rings. The van der Waals surface area contributed by atoms with Gasteiger partial charge in [-0.3, -0.25) is 0 Å². The number of rotatable bonds is 4. The Morgan fingerprint density at radius 3 is 1.95 bits per heavy atom. The minimum atomic E-state index is -1.82. The largest absolute Gasteiger partial charge is 0.473 e. The summed E-state index contributed by atoms with van der Waals surface area (Å²) in [4.78, 5) is 20.3. The first-order chi connectivity index (χ1) is 8.84. The van der Waals surface area contributed by atoms with Gasteiger partial charge in [0.2, 0.25) is 0 Å². The molecule has 6 heteroatoms. The number of aliphatic hydroxyl groups excluding tert-OH is 1. The molecular weight excluding hydrogens is 250 g/mol. The highest BCUT2D eigenvalue weighted by molar-refractivity contribution is 6.27. The van der Waals surface area contributed by atoms with E-state index in [9.17, 15) is 5.11 Å². The van der Waals surface area contributed by atoms with Crippen LogP contribution >= 0.6 is 0 Å². The minimum Gasteiger partial charge on any atom is -0.473 e. The first-order valence-corrected chi connectivity index (χ1v) is 5.68. The second kappa shape index (κ2) is 9.07. The van der Waals surface area contributed by atoms with E-state index in [2.05, 4.69) is 4.90 Å². The second-order valence-corrected chi connectivity index (χ2v) is 4.13. The number of hydrogen-bond acceptors (Lipinski definition) is 4. The Bertz CT molecular complexity index is 379. The smallest absolute Gasteiger partial charge is 0.414 e. The monoisotopic (exact) mass is 269 g/mol. The number of carboxylic acids is 2. The number of carboxylic acid groups (broad SMARTS) is 2. The van der Waals surface area contributed by atoms with Gasteiger partial charge >= 0.3 is 11.9 Å². The van der Waals surface area contributed by atoms with E-state index < -0.39 is 11.9 Å². The zero-order valence-corrected chi connectivity index (χ0v) is 11.0. The average molecular weight is 269 g/mol. The van der Waals surface area contributed by atoms with Crippen molar-refractivity contribution in [3.05, 3.63) is 35.9 Å². The van der Waals surface area contributed by atoms with Crippen LogP contribution in [0.2, 0.25) is 0 Å². The van der Waals surface area contributed by atoms with Crippen LogP contribution in [0.5, 0.6) is 0 Å². The fraction of sp³-hybridized carbons (Fsp3) is 0.385. The SMILES string of the molecule is CN(C)CC[C@H](O)c1ccccc1.O=C(O)C(=O)O. The predicted molar refractivity (Wildman–Crippen MR) is 69.8 cm³/mol. The van der Waals surface area contributed by atoms with Crippen LogP contribution in [0, 0.1) is 0 Å². The molecule has 0 aromatic heterocycles. The third-order valence-corrected chi connectivity index (χ3v) is 2.22. The fourth-order valence-electron chi connectivity index (χ4n) is 1.22. The summed E-state index contributed by atoms with van der Waals surface area (Å²) < 4.78 is 0. The third-order valence-electron chi connectivity index (χ3n) is 2.22. The summed E-state index contributed by atoms with van der Waals surface area (Å²) in [7, 11) is 4.02. The van der Waals surface area contributed by atoms with Crippen LogP contribution in [-0.4, -0.2) is 52.8 Å².